The molecule has 0 aromatic carbocycles. The predicted molar refractivity (Wildman–Crippen MR) is 64.0 cm³/mol. The third-order valence-electron chi connectivity index (χ3n) is 2.83. The minimum atomic E-state index is -3.48. The van der Waals surface area contributed by atoms with Crippen molar-refractivity contribution in [2.75, 3.05) is 13.1 Å². The van der Waals surface area contributed by atoms with E-state index in [-0.39, 0.29) is 11.1 Å². The van der Waals surface area contributed by atoms with Gasteiger partial charge < -0.3 is 9.88 Å². The summed E-state index contributed by atoms with van der Waals surface area (Å²) in [6.07, 6.45) is 6.01. The standard InChI is InChI=1S/C10H18N4O2S/c1-14-7-10(12-8-14)17(15,16)13-9-4-2-3-5-11-6-9/h7-9,11,13H,2-6H2,1H3. The molecular formula is C10H18N4O2S. The Morgan fingerprint density at radius 2 is 2.35 bits per heavy atom. The first-order valence-electron chi connectivity index (χ1n) is 5.79. The van der Waals surface area contributed by atoms with Gasteiger partial charge in [0.2, 0.25) is 0 Å². The minimum Gasteiger partial charge on any atom is -0.339 e. The molecule has 1 unspecified atom stereocenters. The fourth-order valence-electron chi connectivity index (χ4n) is 1.93. The summed E-state index contributed by atoms with van der Waals surface area (Å²) < 4.78 is 28.3. The lowest BCUT2D eigenvalue weighted by Crippen LogP contribution is -2.40. The van der Waals surface area contributed by atoms with E-state index in [0.717, 1.165) is 25.8 Å². The number of nitrogens with one attached hydrogen (secondary N) is 2. The summed E-state index contributed by atoms with van der Waals surface area (Å²) in [4.78, 5) is 3.87. The molecule has 6 nitrogen and oxygen atoms in total. The molecule has 1 saturated heterocycles. The molecule has 0 amide bonds. The smallest absolute Gasteiger partial charge is 0.259 e. The third kappa shape index (κ3) is 3.27. The first kappa shape index (κ1) is 12.5. The highest BCUT2D eigenvalue weighted by Gasteiger charge is 2.22. The van der Waals surface area contributed by atoms with Crippen molar-refractivity contribution in [3.8, 4) is 0 Å². The Kier molecular flexibility index (Phi) is 3.80. The minimum absolute atomic E-state index is 0.0375. The topological polar surface area (TPSA) is 76.0 Å². The van der Waals surface area contributed by atoms with Crippen LogP contribution in [0.4, 0.5) is 0 Å². The van der Waals surface area contributed by atoms with E-state index < -0.39 is 10.0 Å². The summed E-state index contributed by atoms with van der Waals surface area (Å²) in [5.41, 5.74) is 0. The molecule has 7 heteroatoms. The van der Waals surface area contributed by atoms with Crippen molar-refractivity contribution < 1.29 is 8.42 Å². The van der Waals surface area contributed by atoms with Crippen LogP contribution < -0.4 is 10.0 Å². The molecule has 0 spiro atoms. The summed E-state index contributed by atoms with van der Waals surface area (Å²) >= 11 is 0. The molecule has 0 aliphatic carbocycles. The van der Waals surface area contributed by atoms with Crippen LogP contribution in [0.2, 0.25) is 0 Å². The van der Waals surface area contributed by atoms with Gasteiger partial charge in [-0.2, -0.15) is 0 Å². The number of sulfonamides is 1. The number of imidazole rings is 1. The molecule has 2 N–H and O–H groups in total. The molecule has 1 aliphatic heterocycles. The van der Waals surface area contributed by atoms with Gasteiger partial charge in [0.05, 0.1) is 6.33 Å². The molecule has 17 heavy (non-hydrogen) atoms. The molecule has 2 heterocycles. The largest absolute Gasteiger partial charge is 0.339 e. The zero-order valence-electron chi connectivity index (χ0n) is 9.89. The molecule has 2 rings (SSSR count). The number of hydrogen-bond donors (Lipinski definition) is 2. The molecule has 0 bridgehead atoms. The predicted octanol–water partition coefficient (Wildman–Crippen LogP) is -0.159. The maximum Gasteiger partial charge on any atom is 0.259 e. The second kappa shape index (κ2) is 5.16. The zero-order valence-corrected chi connectivity index (χ0v) is 10.7. The van der Waals surface area contributed by atoms with Crippen LogP contribution in [-0.2, 0) is 17.1 Å². The molecular weight excluding hydrogens is 240 g/mol. The molecule has 1 fully saturated rings. The number of aromatic nitrogens is 2. The van der Waals surface area contributed by atoms with Crippen LogP contribution in [0.15, 0.2) is 17.6 Å². The summed E-state index contributed by atoms with van der Waals surface area (Å²) in [7, 11) is -1.73. The van der Waals surface area contributed by atoms with Gasteiger partial charge in [-0.3, -0.25) is 0 Å². The summed E-state index contributed by atoms with van der Waals surface area (Å²) in [6, 6.07) is -0.0375. The van der Waals surface area contributed by atoms with E-state index in [4.69, 9.17) is 0 Å². The van der Waals surface area contributed by atoms with Gasteiger partial charge in [0, 0.05) is 25.8 Å². The van der Waals surface area contributed by atoms with E-state index in [2.05, 4.69) is 15.0 Å². The number of hydrogen-bond acceptors (Lipinski definition) is 4. The van der Waals surface area contributed by atoms with E-state index in [9.17, 15) is 8.42 Å². The second-order valence-corrected chi connectivity index (χ2v) is 6.06. The second-order valence-electron chi connectivity index (χ2n) is 4.40. The van der Waals surface area contributed by atoms with Gasteiger partial charge in [-0.25, -0.2) is 18.1 Å². The quantitative estimate of drug-likeness (QED) is 0.790. The van der Waals surface area contributed by atoms with Crippen molar-refractivity contribution >= 4 is 10.0 Å². The normalized spacial score (nSPS) is 22.3. The number of rotatable bonds is 3. The molecule has 1 aromatic heterocycles. The van der Waals surface area contributed by atoms with Gasteiger partial charge in [-0.1, -0.05) is 6.42 Å². The molecule has 1 aliphatic rings. The lowest BCUT2D eigenvalue weighted by atomic mass is 10.2. The number of aryl methyl sites for hydroxylation is 1. The zero-order chi connectivity index (χ0) is 12.3. The molecule has 0 radical (unpaired) electrons. The number of nitrogens with zero attached hydrogens (tertiary/aromatic N) is 2. The molecule has 96 valence electrons. The lowest BCUT2D eigenvalue weighted by molar-refractivity contribution is 0.519. The highest BCUT2D eigenvalue weighted by atomic mass is 32.2. The van der Waals surface area contributed by atoms with Gasteiger partial charge in [0.25, 0.3) is 10.0 Å². The summed E-state index contributed by atoms with van der Waals surface area (Å²) in [6.45, 7) is 1.65. The Labute approximate surface area is 101 Å². The SMILES string of the molecule is Cn1cnc(S(=O)(=O)NC2CCCCNC2)c1. The highest BCUT2D eigenvalue weighted by Crippen LogP contribution is 2.09. The average Bonchev–Trinajstić information content (AvgIpc) is 2.55. The molecule has 1 atom stereocenters. The van der Waals surface area contributed by atoms with Crippen LogP contribution in [0.1, 0.15) is 19.3 Å². The lowest BCUT2D eigenvalue weighted by Gasteiger charge is -2.15. The van der Waals surface area contributed by atoms with E-state index in [1.165, 1.54) is 12.5 Å². The Morgan fingerprint density at radius 3 is 3.06 bits per heavy atom. The van der Waals surface area contributed by atoms with Crippen molar-refractivity contribution in [1.29, 1.82) is 0 Å². The van der Waals surface area contributed by atoms with Crippen molar-refractivity contribution in [3.05, 3.63) is 12.5 Å². The Morgan fingerprint density at radius 1 is 1.53 bits per heavy atom. The Bertz CT molecular complexity index is 460. The van der Waals surface area contributed by atoms with E-state index in [1.54, 1.807) is 11.6 Å². The fourth-order valence-corrected chi connectivity index (χ4v) is 3.18. The molecule has 0 saturated carbocycles. The van der Waals surface area contributed by atoms with E-state index in [1.807, 2.05) is 0 Å². The van der Waals surface area contributed by atoms with Crippen LogP contribution in [0.5, 0.6) is 0 Å². The van der Waals surface area contributed by atoms with Gasteiger partial charge in [0.1, 0.15) is 0 Å². The van der Waals surface area contributed by atoms with Crippen molar-refractivity contribution in [2.45, 2.75) is 30.3 Å². The maximum atomic E-state index is 12.0. The maximum absolute atomic E-state index is 12.0. The van der Waals surface area contributed by atoms with Crippen LogP contribution in [0.25, 0.3) is 0 Å². The van der Waals surface area contributed by atoms with Crippen LogP contribution in [-0.4, -0.2) is 37.1 Å². The van der Waals surface area contributed by atoms with E-state index >= 15 is 0 Å². The molecule has 1 aromatic rings. The van der Waals surface area contributed by atoms with Crippen LogP contribution in [0.3, 0.4) is 0 Å². The summed E-state index contributed by atoms with van der Waals surface area (Å²) in [5.74, 6) is 0. The van der Waals surface area contributed by atoms with Crippen LogP contribution in [0, 0.1) is 0 Å². The van der Waals surface area contributed by atoms with Crippen molar-refractivity contribution in [2.24, 2.45) is 7.05 Å². The highest BCUT2D eigenvalue weighted by molar-refractivity contribution is 7.89. The monoisotopic (exact) mass is 258 g/mol. The first-order valence-corrected chi connectivity index (χ1v) is 7.27. The van der Waals surface area contributed by atoms with Gasteiger partial charge in [-0.15, -0.1) is 0 Å². The third-order valence-corrected chi connectivity index (χ3v) is 4.23. The summed E-state index contributed by atoms with van der Waals surface area (Å²) in [5, 5.41) is 3.31. The first-order chi connectivity index (χ1) is 8.08. The fraction of sp³-hybridized carbons (Fsp3) is 0.700. The average molecular weight is 258 g/mol. The van der Waals surface area contributed by atoms with E-state index in [0.29, 0.717) is 6.54 Å². The van der Waals surface area contributed by atoms with Gasteiger partial charge in [0.15, 0.2) is 5.03 Å². The van der Waals surface area contributed by atoms with Crippen molar-refractivity contribution in [3.63, 3.8) is 0 Å². The Balaban J connectivity index is 2.06. The van der Waals surface area contributed by atoms with Crippen molar-refractivity contribution in [1.82, 2.24) is 19.6 Å². The van der Waals surface area contributed by atoms with Gasteiger partial charge >= 0.3 is 0 Å². The van der Waals surface area contributed by atoms with Gasteiger partial charge in [-0.05, 0) is 19.4 Å². The van der Waals surface area contributed by atoms with Crippen LogP contribution >= 0.6 is 0 Å². The Hall–Kier alpha value is -0.920.